The van der Waals surface area contributed by atoms with Gasteiger partial charge in [0.05, 0.1) is 19.8 Å². The summed E-state index contributed by atoms with van der Waals surface area (Å²) >= 11 is 5.77. The average molecular weight is 428 g/mol. The molecule has 30 heavy (non-hydrogen) atoms. The van der Waals surface area contributed by atoms with Crippen LogP contribution in [0.15, 0.2) is 54.6 Å². The van der Waals surface area contributed by atoms with Crippen LogP contribution in [-0.2, 0) is 17.8 Å². The van der Waals surface area contributed by atoms with Crippen LogP contribution in [0.3, 0.4) is 0 Å². The van der Waals surface area contributed by atoms with Crippen molar-refractivity contribution in [3.05, 3.63) is 65.7 Å². The predicted octanol–water partition coefficient (Wildman–Crippen LogP) is 3.68. The van der Waals surface area contributed by atoms with Crippen molar-refractivity contribution in [3.8, 4) is 5.75 Å². The zero-order valence-electron chi connectivity index (χ0n) is 17.9. The summed E-state index contributed by atoms with van der Waals surface area (Å²) < 4.78 is 11.0. The number of ether oxygens (including phenoxy) is 2. The third-order valence-electron chi connectivity index (χ3n) is 5.19. The monoisotopic (exact) mass is 427 g/mol. The van der Waals surface area contributed by atoms with Crippen molar-refractivity contribution in [3.63, 3.8) is 0 Å². The molecule has 0 atom stereocenters. The van der Waals surface area contributed by atoms with Gasteiger partial charge in [0.2, 0.25) is 0 Å². The third-order valence-corrected chi connectivity index (χ3v) is 5.59. The van der Waals surface area contributed by atoms with Gasteiger partial charge in [-0.25, -0.2) is 0 Å². The fourth-order valence-electron chi connectivity index (χ4n) is 3.53. The first-order valence-electron chi connectivity index (χ1n) is 10.8. The number of benzene rings is 2. The molecule has 0 bridgehead atoms. The van der Waals surface area contributed by atoms with Gasteiger partial charge in [0.15, 0.2) is 5.11 Å². The minimum absolute atomic E-state index is 0.681. The Kier molecular flexibility index (Phi) is 9.41. The molecule has 0 spiro atoms. The molecule has 0 radical (unpaired) electrons. The summed E-state index contributed by atoms with van der Waals surface area (Å²) in [6.45, 7) is 9.93. The maximum atomic E-state index is 5.77. The average Bonchev–Trinajstić information content (AvgIpc) is 2.79. The Morgan fingerprint density at radius 3 is 2.50 bits per heavy atom. The molecule has 0 unspecified atom stereocenters. The SMILES string of the molecule is CCOc1ccc(CN(CCCN2CCOCC2)C(=S)NCc2ccccc2)cc1. The number of thiocarbonyl (C=S) groups is 1. The highest BCUT2D eigenvalue weighted by atomic mass is 32.1. The Balaban J connectivity index is 1.56. The smallest absolute Gasteiger partial charge is 0.169 e. The minimum atomic E-state index is 0.681. The molecule has 1 aliphatic heterocycles. The van der Waals surface area contributed by atoms with Gasteiger partial charge in [-0.2, -0.15) is 0 Å². The normalized spacial score (nSPS) is 14.3. The van der Waals surface area contributed by atoms with Crippen LogP contribution in [-0.4, -0.2) is 60.9 Å². The number of rotatable bonds is 10. The highest BCUT2D eigenvalue weighted by Gasteiger charge is 2.14. The highest BCUT2D eigenvalue weighted by molar-refractivity contribution is 7.80. The summed E-state index contributed by atoms with van der Waals surface area (Å²) in [5, 5.41) is 4.24. The zero-order valence-corrected chi connectivity index (χ0v) is 18.7. The minimum Gasteiger partial charge on any atom is -0.494 e. The van der Waals surface area contributed by atoms with E-state index >= 15 is 0 Å². The van der Waals surface area contributed by atoms with Gasteiger partial charge in [-0.1, -0.05) is 42.5 Å². The van der Waals surface area contributed by atoms with Crippen LogP contribution in [0.4, 0.5) is 0 Å². The third kappa shape index (κ3) is 7.59. The Morgan fingerprint density at radius 1 is 1.07 bits per heavy atom. The van der Waals surface area contributed by atoms with E-state index in [-0.39, 0.29) is 0 Å². The van der Waals surface area contributed by atoms with Crippen molar-refractivity contribution in [2.75, 3.05) is 46.0 Å². The van der Waals surface area contributed by atoms with Crippen molar-refractivity contribution in [2.45, 2.75) is 26.4 Å². The first-order chi connectivity index (χ1) is 14.7. The van der Waals surface area contributed by atoms with E-state index in [1.165, 1.54) is 11.1 Å². The van der Waals surface area contributed by atoms with E-state index in [0.29, 0.717) is 6.61 Å². The second-order valence-corrected chi connectivity index (χ2v) is 7.84. The molecule has 1 aliphatic rings. The quantitative estimate of drug-likeness (QED) is 0.583. The van der Waals surface area contributed by atoms with Gasteiger partial charge in [0.1, 0.15) is 5.75 Å². The van der Waals surface area contributed by atoms with Crippen molar-refractivity contribution < 1.29 is 9.47 Å². The van der Waals surface area contributed by atoms with Crippen molar-refractivity contribution in [1.82, 2.24) is 15.1 Å². The largest absolute Gasteiger partial charge is 0.494 e. The van der Waals surface area contributed by atoms with E-state index in [4.69, 9.17) is 21.7 Å². The van der Waals surface area contributed by atoms with Crippen LogP contribution in [0.25, 0.3) is 0 Å². The summed E-state index contributed by atoms with van der Waals surface area (Å²) in [6, 6.07) is 18.7. The van der Waals surface area contributed by atoms with E-state index in [1.807, 2.05) is 25.1 Å². The number of nitrogens with zero attached hydrogens (tertiary/aromatic N) is 2. The first kappa shape index (κ1) is 22.5. The van der Waals surface area contributed by atoms with E-state index in [9.17, 15) is 0 Å². The lowest BCUT2D eigenvalue weighted by Crippen LogP contribution is -2.42. The van der Waals surface area contributed by atoms with Crippen molar-refractivity contribution in [2.24, 2.45) is 0 Å². The maximum Gasteiger partial charge on any atom is 0.169 e. The molecule has 0 saturated carbocycles. The zero-order chi connectivity index (χ0) is 21.0. The molecule has 1 N–H and O–H groups in total. The van der Waals surface area contributed by atoms with Crippen molar-refractivity contribution in [1.29, 1.82) is 0 Å². The molecular weight excluding hydrogens is 394 g/mol. The van der Waals surface area contributed by atoms with Crippen LogP contribution < -0.4 is 10.1 Å². The standard InChI is InChI=1S/C24H33N3O2S/c1-2-29-23-11-9-22(10-12-23)20-27(14-6-13-26-15-17-28-18-16-26)24(30)25-19-21-7-4-3-5-8-21/h3-5,7-12H,2,6,13-20H2,1H3,(H,25,30). The van der Waals surface area contributed by atoms with Crippen LogP contribution in [0.5, 0.6) is 5.75 Å². The Bertz CT molecular complexity index is 749. The fraction of sp³-hybridized carbons (Fsp3) is 0.458. The van der Waals surface area contributed by atoms with Crippen LogP contribution in [0, 0.1) is 0 Å². The molecule has 6 heteroatoms. The summed E-state index contributed by atoms with van der Waals surface area (Å²) in [6.07, 6.45) is 1.07. The molecule has 2 aromatic rings. The molecular formula is C24H33N3O2S. The fourth-order valence-corrected chi connectivity index (χ4v) is 3.75. The number of morpholine rings is 1. The molecule has 0 aliphatic carbocycles. The van der Waals surface area contributed by atoms with Gasteiger partial charge >= 0.3 is 0 Å². The molecule has 0 aromatic heterocycles. The van der Waals surface area contributed by atoms with Crippen molar-refractivity contribution >= 4 is 17.3 Å². The Hall–Kier alpha value is -2.15. The van der Waals surface area contributed by atoms with Gasteiger partial charge in [0, 0.05) is 39.3 Å². The molecule has 3 rings (SSSR count). The van der Waals surface area contributed by atoms with Crippen LogP contribution in [0.1, 0.15) is 24.5 Å². The number of nitrogens with one attached hydrogen (secondary N) is 1. The van der Waals surface area contributed by atoms with E-state index in [0.717, 1.165) is 69.8 Å². The molecule has 1 saturated heterocycles. The van der Waals surface area contributed by atoms with Gasteiger partial charge in [-0.15, -0.1) is 0 Å². The Morgan fingerprint density at radius 2 is 1.80 bits per heavy atom. The van der Waals surface area contributed by atoms with Crippen LogP contribution >= 0.6 is 12.2 Å². The second kappa shape index (κ2) is 12.5. The van der Waals surface area contributed by atoms with Gasteiger partial charge in [0.25, 0.3) is 0 Å². The first-order valence-corrected chi connectivity index (χ1v) is 11.2. The molecule has 1 fully saturated rings. The number of hydrogen-bond donors (Lipinski definition) is 1. The van der Waals surface area contributed by atoms with Gasteiger partial charge in [-0.3, -0.25) is 4.90 Å². The second-order valence-electron chi connectivity index (χ2n) is 7.45. The predicted molar refractivity (Wildman–Crippen MR) is 126 cm³/mol. The topological polar surface area (TPSA) is 37.0 Å². The van der Waals surface area contributed by atoms with Gasteiger partial charge < -0.3 is 19.7 Å². The summed E-state index contributed by atoms with van der Waals surface area (Å²) in [5.74, 6) is 0.907. The molecule has 0 amide bonds. The lowest BCUT2D eigenvalue weighted by Gasteiger charge is -2.29. The number of hydrogen-bond acceptors (Lipinski definition) is 4. The molecule has 5 nitrogen and oxygen atoms in total. The summed E-state index contributed by atoms with van der Waals surface area (Å²) in [4.78, 5) is 4.74. The lowest BCUT2D eigenvalue weighted by atomic mass is 10.2. The Labute approximate surface area is 186 Å². The summed E-state index contributed by atoms with van der Waals surface area (Å²) in [5.41, 5.74) is 2.46. The molecule has 2 aromatic carbocycles. The van der Waals surface area contributed by atoms with Crippen LogP contribution in [0.2, 0.25) is 0 Å². The maximum absolute atomic E-state index is 5.77. The van der Waals surface area contributed by atoms with E-state index in [1.54, 1.807) is 0 Å². The van der Waals surface area contributed by atoms with E-state index in [2.05, 4.69) is 51.5 Å². The lowest BCUT2D eigenvalue weighted by molar-refractivity contribution is 0.0367. The summed E-state index contributed by atoms with van der Waals surface area (Å²) in [7, 11) is 0. The van der Waals surface area contributed by atoms with Gasteiger partial charge in [-0.05, 0) is 48.8 Å². The molecule has 162 valence electrons. The molecule has 1 heterocycles. The van der Waals surface area contributed by atoms with E-state index < -0.39 is 0 Å². The highest BCUT2D eigenvalue weighted by Crippen LogP contribution is 2.14.